The normalized spacial score (nSPS) is 11.8. The SMILES string of the molecule is CC(C)(CO)NC(=O)c1cc(C(=O)NC(C)(C)CO)cc([N+](=O)[O-])c1. The summed E-state index contributed by atoms with van der Waals surface area (Å²) >= 11 is 0. The highest BCUT2D eigenvalue weighted by molar-refractivity contribution is 6.01. The number of amides is 2. The molecule has 0 aromatic heterocycles. The van der Waals surface area contributed by atoms with Crippen molar-refractivity contribution < 1.29 is 24.7 Å². The monoisotopic (exact) mass is 353 g/mol. The van der Waals surface area contributed by atoms with Crippen LogP contribution in [0.3, 0.4) is 0 Å². The van der Waals surface area contributed by atoms with Gasteiger partial charge >= 0.3 is 0 Å². The Labute approximate surface area is 145 Å². The Balaban J connectivity index is 3.24. The number of aliphatic hydroxyl groups is 2. The summed E-state index contributed by atoms with van der Waals surface area (Å²) < 4.78 is 0. The van der Waals surface area contributed by atoms with Crippen molar-refractivity contribution in [2.24, 2.45) is 0 Å². The van der Waals surface area contributed by atoms with Gasteiger partial charge in [-0.15, -0.1) is 0 Å². The quantitative estimate of drug-likeness (QED) is 0.418. The van der Waals surface area contributed by atoms with E-state index in [1.165, 1.54) is 6.07 Å². The minimum atomic E-state index is -0.928. The Hall–Kier alpha value is -2.52. The van der Waals surface area contributed by atoms with E-state index in [9.17, 15) is 29.9 Å². The summed E-state index contributed by atoms with van der Waals surface area (Å²) in [4.78, 5) is 35.0. The van der Waals surface area contributed by atoms with E-state index in [2.05, 4.69) is 10.6 Å². The largest absolute Gasteiger partial charge is 0.394 e. The number of nitrogens with zero attached hydrogens (tertiary/aromatic N) is 1. The van der Waals surface area contributed by atoms with E-state index in [0.717, 1.165) is 12.1 Å². The highest BCUT2D eigenvalue weighted by Crippen LogP contribution is 2.19. The standard InChI is InChI=1S/C16H23N3O6/c1-15(2,8-20)17-13(22)10-5-11(7-12(6-10)19(24)25)14(23)18-16(3,4)9-21/h5-7,20-21H,8-9H2,1-4H3,(H,17,22)(H,18,23). The number of hydrogen-bond donors (Lipinski definition) is 4. The molecule has 0 heterocycles. The van der Waals surface area contributed by atoms with Crippen LogP contribution in [0.25, 0.3) is 0 Å². The Morgan fingerprint density at radius 1 is 0.960 bits per heavy atom. The maximum absolute atomic E-state index is 12.3. The van der Waals surface area contributed by atoms with Crippen molar-refractivity contribution in [3.05, 3.63) is 39.4 Å². The summed E-state index contributed by atoms with van der Waals surface area (Å²) in [6, 6.07) is 3.33. The molecule has 9 nitrogen and oxygen atoms in total. The molecule has 9 heteroatoms. The summed E-state index contributed by atoms with van der Waals surface area (Å²) in [6.07, 6.45) is 0. The number of nitro benzene ring substituents is 1. The zero-order chi connectivity index (χ0) is 19.4. The predicted octanol–water partition coefficient (Wildman–Crippen LogP) is 0.596. The second kappa shape index (κ2) is 7.58. The molecule has 0 aliphatic rings. The van der Waals surface area contributed by atoms with E-state index in [-0.39, 0.29) is 24.3 Å². The second-order valence-electron chi connectivity index (χ2n) is 7.02. The van der Waals surface area contributed by atoms with Crippen LogP contribution in [0.1, 0.15) is 48.4 Å². The molecular weight excluding hydrogens is 330 g/mol. The highest BCUT2D eigenvalue weighted by Gasteiger charge is 2.25. The molecule has 0 saturated carbocycles. The van der Waals surface area contributed by atoms with Crippen molar-refractivity contribution in [3.63, 3.8) is 0 Å². The lowest BCUT2D eigenvalue weighted by Gasteiger charge is -2.24. The first-order chi connectivity index (χ1) is 11.4. The maximum Gasteiger partial charge on any atom is 0.271 e. The van der Waals surface area contributed by atoms with Crippen LogP contribution in [0.15, 0.2) is 18.2 Å². The van der Waals surface area contributed by atoms with Crippen molar-refractivity contribution >= 4 is 17.5 Å². The molecule has 0 spiro atoms. The number of non-ortho nitro benzene ring substituents is 1. The number of rotatable bonds is 7. The lowest BCUT2D eigenvalue weighted by molar-refractivity contribution is -0.384. The fourth-order valence-electron chi connectivity index (χ4n) is 1.82. The van der Waals surface area contributed by atoms with Crippen molar-refractivity contribution in [3.8, 4) is 0 Å². The minimum absolute atomic E-state index is 0.0809. The zero-order valence-corrected chi connectivity index (χ0v) is 14.6. The first kappa shape index (κ1) is 20.5. The van der Waals surface area contributed by atoms with Gasteiger partial charge in [-0.2, -0.15) is 0 Å². The van der Waals surface area contributed by atoms with Gasteiger partial charge in [0.15, 0.2) is 0 Å². The smallest absolute Gasteiger partial charge is 0.271 e. The molecule has 0 unspecified atom stereocenters. The van der Waals surface area contributed by atoms with Crippen LogP contribution in [0.2, 0.25) is 0 Å². The molecule has 2 amide bonds. The third-order valence-electron chi connectivity index (χ3n) is 3.35. The maximum atomic E-state index is 12.3. The van der Waals surface area contributed by atoms with E-state index >= 15 is 0 Å². The van der Waals surface area contributed by atoms with Crippen molar-refractivity contribution in [2.45, 2.75) is 38.8 Å². The molecule has 1 aromatic carbocycles. The number of carbonyl (C=O) groups is 2. The molecule has 0 aliphatic carbocycles. The fourth-order valence-corrected chi connectivity index (χ4v) is 1.82. The van der Waals surface area contributed by atoms with Gasteiger partial charge in [-0.3, -0.25) is 19.7 Å². The Morgan fingerprint density at radius 3 is 1.60 bits per heavy atom. The third kappa shape index (κ3) is 5.80. The molecule has 0 radical (unpaired) electrons. The van der Waals surface area contributed by atoms with Gasteiger partial charge in [0.25, 0.3) is 17.5 Å². The third-order valence-corrected chi connectivity index (χ3v) is 3.35. The number of aliphatic hydroxyl groups excluding tert-OH is 2. The van der Waals surface area contributed by atoms with Crippen molar-refractivity contribution in [1.82, 2.24) is 10.6 Å². The van der Waals surface area contributed by atoms with Gasteiger partial charge in [0.1, 0.15) is 0 Å². The first-order valence-electron chi connectivity index (χ1n) is 7.57. The van der Waals surface area contributed by atoms with E-state index in [1.807, 2.05) is 0 Å². The predicted molar refractivity (Wildman–Crippen MR) is 90.4 cm³/mol. The molecule has 0 atom stereocenters. The van der Waals surface area contributed by atoms with Gasteiger partial charge in [0.05, 0.1) is 29.2 Å². The number of nitro groups is 1. The van der Waals surface area contributed by atoms with Crippen LogP contribution >= 0.6 is 0 Å². The molecule has 1 rings (SSSR count). The van der Waals surface area contributed by atoms with Crippen molar-refractivity contribution in [1.29, 1.82) is 0 Å². The lowest BCUT2D eigenvalue weighted by Crippen LogP contribution is -2.47. The Bertz CT molecular complexity index is 636. The van der Waals surface area contributed by atoms with Gasteiger partial charge < -0.3 is 20.8 Å². The van der Waals surface area contributed by atoms with Crippen LogP contribution in [0.5, 0.6) is 0 Å². The number of carbonyl (C=O) groups excluding carboxylic acids is 2. The number of hydrogen-bond acceptors (Lipinski definition) is 6. The summed E-state index contributed by atoms with van der Waals surface area (Å²) in [5.41, 5.74) is -2.43. The highest BCUT2D eigenvalue weighted by atomic mass is 16.6. The number of benzene rings is 1. The molecule has 25 heavy (non-hydrogen) atoms. The van der Waals surface area contributed by atoms with Crippen molar-refractivity contribution in [2.75, 3.05) is 13.2 Å². The molecule has 1 aromatic rings. The van der Waals surface area contributed by atoms with Gasteiger partial charge in [-0.1, -0.05) is 0 Å². The van der Waals surface area contributed by atoms with Crippen LogP contribution < -0.4 is 10.6 Å². The first-order valence-corrected chi connectivity index (χ1v) is 7.57. The molecule has 0 bridgehead atoms. The van der Waals surface area contributed by atoms with Gasteiger partial charge in [0, 0.05) is 23.3 Å². The second-order valence-corrected chi connectivity index (χ2v) is 7.02. The number of nitrogens with one attached hydrogen (secondary N) is 2. The van der Waals surface area contributed by atoms with Crippen LogP contribution in [0.4, 0.5) is 5.69 Å². The lowest BCUT2D eigenvalue weighted by atomic mass is 10.0. The Kier molecular flexibility index (Phi) is 6.22. The average molecular weight is 353 g/mol. The average Bonchev–Trinajstić information content (AvgIpc) is 2.53. The summed E-state index contributed by atoms with van der Waals surface area (Å²) in [7, 11) is 0. The fraction of sp³-hybridized carbons (Fsp3) is 0.500. The molecule has 0 fully saturated rings. The van der Waals surface area contributed by atoms with E-state index < -0.39 is 33.5 Å². The van der Waals surface area contributed by atoms with E-state index in [0.29, 0.717) is 0 Å². The summed E-state index contributed by atoms with van der Waals surface area (Å²) in [5.74, 6) is -1.31. The molecule has 138 valence electrons. The molecule has 4 N–H and O–H groups in total. The van der Waals surface area contributed by atoms with Crippen LogP contribution in [-0.2, 0) is 0 Å². The molecular formula is C16H23N3O6. The molecule has 0 aliphatic heterocycles. The van der Waals surface area contributed by atoms with E-state index in [4.69, 9.17) is 0 Å². The topological polar surface area (TPSA) is 142 Å². The Morgan fingerprint density at radius 2 is 1.32 bits per heavy atom. The van der Waals surface area contributed by atoms with Gasteiger partial charge in [-0.05, 0) is 33.8 Å². The summed E-state index contributed by atoms with van der Waals surface area (Å²) in [6.45, 7) is 5.68. The summed E-state index contributed by atoms with van der Waals surface area (Å²) in [5, 5.41) is 34.6. The minimum Gasteiger partial charge on any atom is -0.394 e. The zero-order valence-electron chi connectivity index (χ0n) is 14.6. The van der Waals surface area contributed by atoms with E-state index in [1.54, 1.807) is 27.7 Å². The van der Waals surface area contributed by atoms with Crippen LogP contribution in [0, 0.1) is 10.1 Å². The molecule has 0 saturated heterocycles. The van der Waals surface area contributed by atoms with Gasteiger partial charge in [0.2, 0.25) is 0 Å². The van der Waals surface area contributed by atoms with Gasteiger partial charge in [-0.25, -0.2) is 0 Å². The van der Waals surface area contributed by atoms with Crippen LogP contribution in [-0.4, -0.2) is 51.2 Å².